The highest BCUT2D eigenvalue weighted by Crippen LogP contribution is 2.44. The molecule has 0 unspecified atom stereocenters. The number of aromatic carboxylic acids is 1. The SMILES string of the molecule is O=C(O)c1ccc(Nc2ccc3cc(S(=O)(=O)O)c(N=Nc4ccc(N=Nc5ccc6c(O)cc(S(=O)(=O)O)cc6c5S(=O)(=O)O)c5ccc(S(=O)(=O)O)cc45)c(O)c3c2)cc1. The predicted octanol–water partition coefficient (Wildman–Crippen LogP) is 7.82. The van der Waals surface area contributed by atoms with Crippen LogP contribution in [-0.4, -0.2) is 73.2 Å². The van der Waals surface area contributed by atoms with Gasteiger partial charge in [0, 0.05) is 44.4 Å². The fraction of sp³-hybridized carbons (Fsp3) is 0. The number of benzene rings is 7. The number of nitrogens with one attached hydrogen (secondary N) is 1. The summed E-state index contributed by atoms with van der Waals surface area (Å²) in [6, 6.07) is 19.8. The van der Waals surface area contributed by atoms with E-state index in [-0.39, 0.29) is 43.9 Å². The van der Waals surface area contributed by atoms with Crippen molar-refractivity contribution in [3.8, 4) is 11.5 Å². The topological polar surface area (TPSA) is 357 Å². The van der Waals surface area contributed by atoms with Gasteiger partial charge in [-0.2, -0.15) is 33.7 Å². The van der Waals surface area contributed by atoms with Gasteiger partial charge in [-0.3, -0.25) is 18.2 Å². The van der Waals surface area contributed by atoms with Gasteiger partial charge >= 0.3 is 5.97 Å². The fourth-order valence-electron chi connectivity index (χ4n) is 6.27. The Morgan fingerprint density at radius 3 is 1.66 bits per heavy atom. The molecule has 0 spiro atoms. The van der Waals surface area contributed by atoms with Crippen LogP contribution in [0.3, 0.4) is 0 Å². The Morgan fingerprint density at radius 2 is 1.05 bits per heavy atom. The standard InChI is InChI=1S/C37H25N5O16S4/c43-32-17-23(60(50,51)52)16-28-25(32)9-10-31(36(28)62(56,57)58)41-39-29-11-12-30(27-15-22(59(47,48)49)7-8-24(27)29)40-42-34-33(61(53,54)55)13-19-3-6-21(14-26(19)35(34)44)38-20-4-1-18(2-5-20)37(45)46/h1-17,38,43-44H,(H,45,46)(H,47,48,49)(H,50,51,52)(H,53,54,55)(H,56,57,58). The monoisotopic (exact) mass is 923 g/mol. The molecule has 21 nitrogen and oxygen atoms in total. The Morgan fingerprint density at radius 1 is 0.484 bits per heavy atom. The number of anilines is 2. The lowest BCUT2D eigenvalue weighted by Crippen LogP contribution is -2.02. The molecule has 0 aliphatic carbocycles. The van der Waals surface area contributed by atoms with Crippen LogP contribution in [0.1, 0.15) is 10.4 Å². The molecule has 0 fully saturated rings. The molecule has 0 saturated carbocycles. The van der Waals surface area contributed by atoms with Gasteiger partial charge in [-0.15, -0.1) is 20.5 Å². The first-order valence-electron chi connectivity index (χ1n) is 16.9. The van der Waals surface area contributed by atoms with Gasteiger partial charge in [0.25, 0.3) is 40.5 Å². The normalized spacial score (nSPS) is 12.8. The van der Waals surface area contributed by atoms with E-state index in [0.29, 0.717) is 23.5 Å². The Bertz CT molecular complexity index is 3600. The number of carboxylic acids is 1. The van der Waals surface area contributed by atoms with Crippen molar-refractivity contribution in [2.75, 3.05) is 5.32 Å². The summed E-state index contributed by atoms with van der Waals surface area (Å²) in [6.45, 7) is 0. The van der Waals surface area contributed by atoms with Crippen molar-refractivity contribution >= 4 is 113 Å². The molecular formula is C37H25N5O16S4. The number of hydrogen-bond donors (Lipinski definition) is 8. The van der Waals surface area contributed by atoms with E-state index >= 15 is 0 Å². The number of carbonyl (C=O) groups is 1. The molecule has 8 N–H and O–H groups in total. The zero-order chi connectivity index (χ0) is 45.1. The largest absolute Gasteiger partial charge is 0.507 e. The molecule has 62 heavy (non-hydrogen) atoms. The van der Waals surface area contributed by atoms with Gasteiger partial charge in [-0.1, -0.05) is 12.1 Å². The number of phenols is 2. The second kappa shape index (κ2) is 15.5. The third kappa shape index (κ3) is 8.62. The van der Waals surface area contributed by atoms with Crippen LogP contribution in [-0.2, 0) is 40.5 Å². The molecule has 0 atom stereocenters. The highest BCUT2D eigenvalue weighted by atomic mass is 32.2. The highest BCUT2D eigenvalue weighted by molar-refractivity contribution is 7.86. The van der Waals surface area contributed by atoms with E-state index in [4.69, 9.17) is 0 Å². The number of aromatic hydroxyl groups is 2. The molecule has 7 aromatic carbocycles. The second-order valence-corrected chi connectivity index (χ2v) is 18.7. The van der Waals surface area contributed by atoms with Crippen molar-refractivity contribution in [1.29, 1.82) is 0 Å². The summed E-state index contributed by atoms with van der Waals surface area (Å²) >= 11 is 0. The first-order chi connectivity index (χ1) is 28.9. The zero-order valence-corrected chi connectivity index (χ0v) is 33.8. The summed E-state index contributed by atoms with van der Waals surface area (Å²) in [4.78, 5) is 7.74. The fourth-order valence-corrected chi connectivity index (χ4v) is 8.78. The lowest BCUT2D eigenvalue weighted by molar-refractivity contribution is 0.0696. The van der Waals surface area contributed by atoms with Crippen molar-refractivity contribution < 1.29 is 72.0 Å². The number of fused-ring (bicyclic) bond motifs is 3. The number of nitrogens with zero attached hydrogens (tertiary/aromatic N) is 4. The van der Waals surface area contributed by atoms with Gasteiger partial charge in [0.2, 0.25) is 0 Å². The summed E-state index contributed by atoms with van der Waals surface area (Å²) in [5.41, 5.74) is -0.933. The summed E-state index contributed by atoms with van der Waals surface area (Å²) in [5, 5.41) is 48.9. The molecule has 0 bridgehead atoms. The molecular weight excluding hydrogens is 899 g/mol. The zero-order valence-electron chi connectivity index (χ0n) is 30.5. The molecule has 0 radical (unpaired) electrons. The number of carboxylic acid groups (broad SMARTS) is 1. The molecule has 0 aromatic heterocycles. The molecule has 0 amide bonds. The van der Waals surface area contributed by atoms with Crippen molar-refractivity contribution in [2.24, 2.45) is 20.5 Å². The van der Waals surface area contributed by atoms with E-state index in [2.05, 4.69) is 25.8 Å². The molecule has 0 aliphatic rings. The molecule has 7 rings (SSSR count). The lowest BCUT2D eigenvalue weighted by Gasteiger charge is -2.12. The maximum Gasteiger partial charge on any atom is 0.335 e. The molecule has 0 saturated heterocycles. The molecule has 0 aliphatic heterocycles. The quantitative estimate of drug-likeness (QED) is 0.0452. The van der Waals surface area contributed by atoms with E-state index in [1.807, 2.05) is 0 Å². The number of phenolic OH excluding ortho intramolecular Hbond substituents is 2. The third-order valence-corrected chi connectivity index (χ3v) is 12.6. The van der Waals surface area contributed by atoms with Crippen LogP contribution in [0.15, 0.2) is 143 Å². The molecule has 0 heterocycles. The molecule has 318 valence electrons. The van der Waals surface area contributed by atoms with E-state index in [1.54, 1.807) is 0 Å². The number of rotatable bonds is 11. The van der Waals surface area contributed by atoms with Crippen LogP contribution in [0.2, 0.25) is 0 Å². The summed E-state index contributed by atoms with van der Waals surface area (Å²) in [6.07, 6.45) is 0. The minimum absolute atomic E-state index is 0.00941. The van der Waals surface area contributed by atoms with Crippen LogP contribution in [0.5, 0.6) is 11.5 Å². The number of hydrogen-bond acceptors (Lipinski definition) is 16. The Labute approximate surface area is 349 Å². The van der Waals surface area contributed by atoms with E-state index in [9.17, 15) is 72.0 Å². The maximum atomic E-state index is 12.6. The molecule has 25 heteroatoms. The lowest BCUT2D eigenvalue weighted by atomic mass is 10.1. The van der Waals surface area contributed by atoms with Gasteiger partial charge in [0.15, 0.2) is 5.75 Å². The smallest absolute Gasteiger partial charge is 0.335 e. The average molecular weight is 924 g/mol. The Hall–Kier alpha value is -6.97. The summed E-state index contributed by atoms with van der Waals surface area (Å²) < 4.78 is 138. The predicted molar refractivity (Wildman–Crippen MR) is 219 cm³/mol. The second-order valence-electron chi connectivity index (χ2n) is 13.1. The van der Waals surface area contributed by atoms with E-state index in [1.165, 1.54) is 48.5 Å². The van der Waals surface area contributed by atoms with Crippen LogP contribution in [0, 0.1) is 0 Å². The van der Waals surface area contributed by atoms with Crippen molar-refractivity contribution in [3.63, 3.8) is 0 Å². The molecule has 7 aromatic rings. The first-order valence-corrected chi connectivity index (χ1v) is 22.7. The van der Waals surface area contributed by atoms with Gasteiger partial charge in [-0.25, -0.2) is 4.79 Å². The van der Waals surface area contributed by atoms with Gasteiger partial charge < -0.3 is 20.6 Å². The number of azo groups is 2. The van der Waals surface area contributed by atoms with Gasteiger partial charge in [0.1, 0.15) is 26.9 Å². The van der Waals surface area contributed by atoms with Gasteiger partial charge in [-0.05, 0) is 90.3 Å². The van der Waals surface area contributed by atoms with Crippen LogP contribution in [0.25, 0.3) is 32.3 Å². The van der Waals surface area contributed by atoms with Crippen molar-refractivity contribution in [1.82, 2.24) is 0 Å². The summed E-state index contributed by atoms with van der Waals surface area (Å²) in [5.74, 6) is -2.70. The van der Waals surface area contributed by atoms with E-state index in [0.717, 1.165) is 42.5 Å². The van der Waals surface area contributed by atoms with Crippen LogP contribution in [0.4, 0.5) is 34.1 Å². The van der Waals surface area contributed by atoms with Crippen molar-refractivity contribution in [2.45, 2.75) is 19.6 Å². The minimum Gasteiger partial charge on any atom is -0.507 e. The first kappa shape index (κ1) is 43.1. The highest BCUT2D eigenvalue weighted by Gasteiger charge is 2.25. The van der Waals surface area contributed by atoms with Crippen LogP contribution >= 0.6 is 0 Å². The average Bonchev–Trinajstić information content (AvgIpc) is 3.18. The minimum atomic E-state index is -5.27. The third-order valence-electron chi connectivity index (χ3n) is 9.09. The van der Waals surface area contributed by atoms with E-state index < -0.39 is 94.3 Å². The summed E-state index contributed by atoms with van der Waals surface area (Å²) in [7, 11) is -20.2. The van der Waals surface area contributed by atoms with Crippen LogP contribution < -0.4 is 5.32 Å². The van der Waals surface area contributed by atoms with Crippen molar-refractivity contribution in [3.05, 3.63) is 109 Å². The Kier molecular flexibility index (Phi) is 10.8. The maximum absolute atomic E-state index is 12.6. The van der Waals surface area contributed by atoms with Gasteiger partial charge in [0.05, 0.1) is 26.7 Å². The Balaban J connectivity index is 1.36.